The van der Waals surface area contributed by atoms with Gasteiger partial charge in [0.1, 0.15) is 12.2 Å². The summed E-state index contributed by atoms with van der Waals surface area (Å²) in [6, 6.07) is 8.66. The van der Waals surface area contributed by atoms with Crippen LogP contribution >= 0.6 is 0 Å². The molecule has 0 saturated carbocycles. The molecule has 0 amide bonds. The van der Waals surface area contributed by atoms with E-state index in [2.05, 4.69) is 45.1 Å². The van der Waals surface area contributed by atoms with Crippen molar-refractivity contribution in [2.75, 3.05) is 0 Å². The van der Waals surface area contributed by atoms with Crippen molar-refractivity contribution in [1.82, 2.24) is 19.3 Å². The maximum Gasteiger partial charge on any atom is 0.146 e. The van der Waals surface area contributed by atoms with Gasteiger partial charge < -0.3 is 10.3 Å². The normalized spacial score (nSPS) is 12.9. The third kappa shape index (κ3) is 2.32. The lowest BCUT2D eigenvalue weighted by atomic mass is 10.0. The van der Waals surface area contributed by atoms with Gasteiger partial charge in [-0.15, -0.1) is 0 Å². The zero-order valence-corrected chi connectivity index (χ0v) is 11.8. The van der Waals surface area contributed by atoms with Crippen molar-refractivity contribution >= 4 is 10.9 Å². The monoisotopic (exact) mass is 269 g/mol. The van der Waals surface area contributed by atoms with Gasteiger partial charge in [-0.1, -0.05) is 18.2 Å². The molecule has 0 radical (unpaired) electrons. The van der Waals surface area contributed by atoms with E-state index in [1.165, 1.54) is 16.5 Å². The number of nitrogens with two attached hydrogens (primary N) is 1. The molecule has 1 atom stereocenters. The molecular formula is C15H19N5. The summed E-state index contributed by atoms with van der Waals surface area (Å²) in [5.41, 5.74) is 8.48. The molecule has 5 heteroatoms. The van der Waals surface area contributed by atoms with Crippen molar-refractivity contribution in [2.45, 2.75) is 25.9 Å². The Morgan fingerprint density at radius 1 is 1.30 bits per heavy atom. The van der Waals surface area contributed by atoms with Crippen LogP contribution in [-0.4, -0.2) is 25.4 Å². The van der Waals surface area contributed by atoms with E-state index in [4.69, 9.17) is 5.73 Å². The number of aromatic nitrogens is 4. The second-order valence-electron chi connectivity index (χ2n) is 5.28. The first kappa shape index (κ1) is 12.9. The van der Waals surface area contributed by atoms with E-state index in [0.717, 1.165) is 18.8 Å². The molecule has 3 aromatic rings. The van der Waals surface area contributed by atoms with Gasteiger partial charge in [0, 0.05) is 19.3 Å². The molecule has 3 rings (SSSR count). The molecule has 0 saturated heterocycles. The zero-order chi connectivity index (χ0) is 14.1. The third-order valence-electron chi connectivity index (χ3n) is 3.53. The molecule has 20 heavy (non-hydrogen) atoms. The molecule has 5 nitrogen and oxygen atoms in total. The number of hydrogen-bond acceptors (Lipinski definition) is 3. The molecule has 0 bridgehead atoms. The average molecular weight is 269 g/mol. The number of benzene rings is 1. The molecule has 104 valence electrons. The van der Waals surface area contributed by atoms with Crippen LogP contribution in [0.3, 0.4) is 0 Å². The van der Waals surface area contributed by atoms with Gasteiger partial charge in [-0.25, -0.2) is 4.98 Å². The second kappa shape index (κ2) is 5.09. The minimum atomic E-state index is 0.152. The Labute approximate surface area is 118 Å². The molecule has 0 aliphatic carbocycles. The standard InChI is InChI=1S/C15H19N5/c1-11(16)8-13-5-3-4-12-6-7-20(15(12)13)9-14-17-10-18-19(14)2/h3-7,10-11H,8-9,16H2,1-2H3. The Balaban J connectivity index is 2.05. The van der Waals surface area contributed by atoms with Crippen LogP contribution < -0.4 is 5.73 Å². The number of para-hydroxylation sites is 1. The summed E-state index contributed by atoms with van der Waals surface area (Å²) in [6.07, 6.45) is 4.56. The van der Waals surface area contributed by atoms with Crippen LogP contribution in [0.1, 0.15) is 18.3 Å². The van der Waals surface area contributed by atoms with Crippen LogP contribution in [0.15, 0.2) is 36.8 Å². The van der Waals surface area contributed by atoms with Crippen LogP contribution in [-0.2, 0) is 20.0 Å². The largest absolute Gasteiger partial charge is 0.340 e. The molecule has 2 N–H and O–H groups in total. The third-order valence-corrected chi connectivity index (χ3v) is 3.53. The highest BCUT2D eigenvalue weighted by atomic mass is 15.3. The zero-order valence-electron chi connectivity index (χ0n) is 11.8. The van der Waals surface area contributed by atoms with Crippen LogP contribution in [0.4, 0.5) is 0 Å². The van der Waals surface area contributed by atoms with Crippen LogP contribution in [0.5, 0.6) is 0 Å². The predicted octanol–water partition coefficient (Wildman–Crippen LogP) is 1.71. The maximum atomic E-state index is 5.96. The first-order valence-corrected chi connectivity index (χ1v) is 6.80. The van der Waals surface area contributed by atoms with E-state index in [9.17, 15) is 0 Å². The summed E-state index contributed by atoms with van der Waals surface area (Å²) < 4.78 is 4.02. The average Bonchev–Trinajstić information content (AvgIpc) is 2.98. The van der Waals surface area contributed by atoms with Crippen molar-refractivity contribution in [1.29, 1.82) is 0 Å². The van der Waals surface area contributed by atoms with Gasteiger partial charge in [-0.05, 0) is 30.4 Å². The number of nitrogens with zero attached hydrogens (tertiary/aromatic N) is 4. The smallest absolute Gasteiger partial charge is 0.146 e. The van der Waals surface area contributed by atoms with Crippen molar-refractivity contribution < 1.29 is 0 Å². The number of hydrogen-bond donors (Lipinski definition) is 1. The fraction of sp³-hybridized carbons (Fsp3) is 0.333. The Kier molecular flexibility index (Phi) is 3.28. The van der Waals surface area contributed by atoms with Gasteiger partial charge in [-0.2, -0.15) is 5.10 Å². The van der Waals surface area contributed by atoms with Crippen molar-refractivity contribution in [3.05, 3.63) is 48.2 Å². The number of rotatable bonds is 4. The minimum Gasteiger partial charge on any atom is -0.340 e. The lowest BCUT2D eigenvalue weighted by Crippen LogP contribution is -2.18. The lowest BCUT2D eigenvalue weighted by molar-refractivity contribution is 0.661. The van der Waals surface area contributed by atoms with E-state index in [1.54, 1.807) is 11.0 Å². The molecule has 1 aromatic carbocycles. The maximum absolute atomic E-state index is 5.96. The van der Waals surface area contributed by atoms with Gasteiger partial charge in [0.2, 0.25) is 0 Å². The van der Waals surface area contributed by atoms with E-state index in [-0.39, 0.29) is 6.04 Å². The lowest BCUT2D eigenvalue weighted by Gasteiger charge is -2.11. The summed E-state index contributed by atoms with van der Waals surface area (Å²) in [5.74, 6) is 0.943. The summed E-state index contributed by atoms with van der Waals surface area (Å²) in [5, 5.41) is 5.36. The molecule has 0 aliphatic heterocycles. The second-order valence-corrected chi connectivity index (χ2v) is 5.28. The van der Waals surface area contributed by atoms with Crippen molar-refractivity contribution in [3.63, 3.8) is 0 Å². The first-order chi connectivity index (χ1) is 9.65. The SMILES string of the molecule is CC(N)Cc1cccc2ccn(Cc3ncnn3C)c12. The quantitative estimate of drug-likeness (QED) is 0.784. The Hall–Kier alpha value is -2.14. The highest BCUT2D eigenvalue weighted by Crippen LogP contribution is 2.22. The van der Waals surface area contributed by atoms with Gasteiger partial charge in [0.15, 0.2) is 0 Å². The van der Waals surface area contributed by atoms with Crippen LogP contribution in [0, 0.1) is 0 Å². The molecular weight excluding hydrogens is 250 g/mol. The van der Waals surface area contributed by atoms with Gasteiger partial charge in [0.25, 0.3) is 0 Å². The van der Waals surface area contributed by atoms with Crippen molar-refractivity contribution in [2.24, 2.45) is 12.8 Å². The molecule has 1 unspecified atom stereocenters. The molecule has 0 fully saturated rings. The molecule has 2 aromatic heterocycles. The van der Waals surface area contributed by atoms with Gasteiger partial charge in [-0.3, -0.25) is 4.68 Å². The Bertz CT molecular complexity index is 723. The summed E-state index contributed by atoms with van der Waals surface area (Å²) >= 11 is 0. The highest BCUT2D eigenvalue weighted by molar-refractivity contribution is 5.83. The molecule has 2 heterocycles. The Morgan fingerprint density at radius 3 is 2.85 bits per heavy atom. The van der Waals surface area contributed by atoms with E-state index >= 15 is 0 Å². The summed E-state index contributed by atoms with van der Waals surface area (Å²) in [7, 11) is 1.91. The van der Waals surface area contributed by atoms with Gasteiger partial charge >= 0.3 is 0 Å². The van der Waals surface area contributed by atoms with E-state index < -0.39 is 0 Å². The number of aryl methyl sites for hydroxylation is 1. The van der Waals surface area contributed by atoms with Crippen molar-refractivity contribution in [3.8, 4) is 0 Å². The highest BCUT2D eigenvalue weighted by Gasteiger charge is 2.10. The van der Waals surface area contributed by atoms with Crippen LogP contribution in [0.2, 0.25) is 0 Å². The van der Waals surface area contributed by atoms with E-state index in [0.29, 0.717) is 0 Å². The van der Waals surface area contributed by atoms with E-state index in [1.807, 2.05) is 14.0 Å². The van der Waals surface area contributed by atoms with Crippen LogP contribution in [0.25, 0.3) is 10.9 Å². The topological polar surface area (TPSA) is 61.7 Å². The fourth-order valence-corrected chi connectivity index (χ4v) is 2.60. The molecule has 0 aliphatic rings. The fourth-order valence-electron chi connectivity index (χ4n) is 2.60. The summed E-state index contributed by atoms with van der Waals surface area (Å²) in [6.45, 7) is 2.75. The molecule has 0 spiro atoms. The first-order valence-electron chi connectivity index (χ1n) is 6.80. The number of fused-ring (bicyclic) bond motifs is 1. The summed E-state index contributed by atoms with van der Waals surface area (Å²) in [4.78, 5) is 4.29. The predicted molar refractivity (Wildman–Crippen MR) is 79.4 cm³/mol. The van der Waals surface area contributed by atoms with Gasteiger partial charge in [0.05, 0.1) is 12.1 Å². The minimum absolute atomic E-state index is 0.152. The Morgan fingerprint density at radius 2 is 2.15 bits per heavy atom.